The predicted octanol–water partition coefficient (Wildman–Crippen LogP) is 1.81. The summed E-state index contributed by atoms with van der Waals surface area (Å²) in [5.74, 6) is 1.54. The van der Waals surface area contributed by atoms with Crippen LogP contribution in [0.15, 0.2) is 12.3 Å². The lowest BCUT2D eigenvalue weighted by molar-refractivity contribution is 0.0879. The molecular weight excluding hydrogens is 372 g/mol. The van der Waals surface area contributed by atoms with E-state index < -0.39 is 5.54 Å². The van der Waals surface area contributed by atoms with Crippen molar-refractivity contribution >= 4 is 17.8 Å². The first-order chi connectivity index (χ1) is 13.9. The van der Waals surface area contributed by atoms with Crippen molar-refractivity contribution in [3.8, 4) is 5.88 Å². The van der Waals surface area contributed by atoms with E-state index in [1.165, 1.54) is 0 Å². The number of aromatic amines is 1. The standard InChI is InChI=1S/C19H28N8O2/c1-5-29-14-6-7-21-17(22-14)23-16-13-11-27(19(3,4)15(13)24-25-16)18(28)26-9-8-20-10-12(26)2/h6-7,12,20H,5,8-11H2,1-4H3,(H2,21,22,23,24,25)/t12-/m0/s1. The summed E-state index contributed by atoms with van der Waals surface area (Å²) in [6.07, 6.45) is 1.64. The summed E-state index contributed by atoms with van der Waals surface area (Å²) in [5.41, 5.74) is 1.39. The van der Waals surface area contributed by atoms with Gasteiger partial charge in [-0.25, -0.2) is 9.78 Å². The molecule has 0 radical (unpaired) electrons. The summed E-state index contributed by atoms with van der Waals surface area (Å²) < 4.78 is 5.43. The first-order valence-electron chi connectivity index (χ1n) is 10.0. The van der Waals surface area contributed by atoms with Crippen LogP contribution in [0.1, 0.15) is 39.0 Å². The van der Waals surface area contributed by atoms with E-state index >= 15 is 0 Å². The second kappa shape index (κ2) is 7.51. The molecule has 0 bridgehead atoms. The Morgan fingerprint density at radius 2 is 2.28 bits per heavy atom. The molecule has 4 heterocycles. The van der Waals surface area contributed by atoms with Crippen LogP contribution >= 0.6 is 0 Å². The quantitative estimate of drug-likeness (QED) is 0.718. The molecule has 0 saturated carbocycles. The van der Waals surface area contributed by atoms with Gasteiger partial charge in [-0.1, -0.05) is 0 Å². The smallest absolute Gasteiger partial charge is 0.321 e. The number of carbonyl (C=O) groups excluding carboxylic acids is 1. The van der Waals surface area contributed by atoms with Gasteiger partial charge in [-0.2, -0.15) is 10.1 Å². The second-order valence-corrected chi connectivity index (χ2v) is 7.88. The van der Waals surface area contributed by atoms with Crippen LogP contribution in [0.3, 0.4) is 0 Å². The minimum atomic E-state index is -0.488. The highest BCUT2D eigenvalue weighted by Crippen LogP contribution is 2.41. The molecule has 3 N–H and O–H groups in total. The molecule has 2 amide bonds. The molecule has 2 aromatic heterocycles. The van der Waals surface area contributed by atoms with E-state index in [0.717, 1.165) is 24.3 Å². The number of piperazine rings is 1. The summed E-state index contributed by atoms with van der Waals surface area (Å²) in [6, 6.07) is 1.92. The number of hydrogen-bond donors (Lipinski definition) is 3. The predicted molar refractivity (Wildman–Crippen MR) is 108 cm³/mol. The lowest BCUT2D eigenvalue weighted by atomic mass is 10.0. The lowest BCUT2D eigenvalue weighted by Gasteiger charge is -2.40. The number of anilines is 2. The number of nitrogens with one attached hydrogen (secondary N) is 3. The Kier molecular flexibility index (Phi) is 5.03. The van der Waals surface area contributed by atoms with Crippen LogP contribution in [0.2, 0.25) is 0 Å². The maximum absolute atomic E-state index is 13.3. The molecule has 2 aromatic rings. The van der Waals surface area contributed by atoms with Crippen molar-refractivity contribution in [3.05, 3.63) is 23.5 Å². The topological polar surface area (TPSA) is 111 Å². The number of amides is 2. The molecule has 156 valence electrons. The van der Waals surface area contributed by atoms with E-state index in [2.05, 4.69) is 37.7 Å². The third-order valence-corrected chi connectivity index (χ3v) is 5.60. The minimum Gasteiger partial charge on any atom is -0.478 e. The SMILES string of the molecule is CCOc1ccnc(Nc2n[nH]c3c2CN(C(=O)N2CCNC[C@@H]2C)C3(C)C)n1. The Morgan fingerprint density at radius 3 is 3.03 bits per heavy atom. The Hall–Kier alpha value is -2.88. The third kappa shape index (κ3) is 3.48. The normalized spacial score (nSPS) is 20.5. The number of H-pyrrole nitrogens is 1. The maximum Gasteiger partial charge on any atom is 0.321 e. The molecule has 2 aliphatic rings. The van der Waals surface area contributed by atoms with Crippen molar-refractivity contribution in [2.75, 3.05) is 31.6 Å². The van der Waals surface area contributed by atoms with Crippen molar-refractivity contribution < 1.29 is 9.53 Å². The Morgan fingerprint density at radius 1 is 1.45 bits per heavy atom. The number of nitrogens with zero attached hydrogens (tertiary/aromatic N) is 5. The molecule has 29 heavy (non-hydrogen) atoms. The average Bonchev–Trinajstić information content (AvgIpc) is 3.21. The zero-order valence-corrected chi connectivity index (χ0v) is 17.3. The fourth-order valence-electron chi connectivity index (χ4n) is 3.94. The van der Waals surface area contributed by atoms with Crippen molar-refractivity contribution in [1.82, 2.24) is 35.3 Å². The van der Waals surface area contributed by atoms with Gasteiger partial charge in [0.05, 0.1) is 24.4 Å². The van der Waals surface area contributed by atoms with E-state index in [0.29, 0.717) is 37.3 Å². The summed E-state index contributed by atoms with van der Waals surface area (Å²) in [7, 11) is 0. The maximum atomic E-state index is 13.3. The van der Waals surface area contributed by atoms with Crippen LogP contribution in [-0.2, 0) is 12.1 Å². The van der Waals surface area contributed by atoms with Crippen LogP contribution in [0.25, 0.3) is 0 Å². The number of hydrogen-bond acceptors (Lipinski definition) is 7. The number of ether oxygens (including phenoxy) is 1. The first kappa shape index (κ1) is 19.4. The summed E-state index contributed by atoms with van der Waals surface area (Å²) >= 11 is 0. The van der Waals surface area contributed by atoms with Crippen LogP contribution in [0.4, 0.5) is 16.6 Å². The zero-order valence-electron chi connectivity index (χ0n) is 17.3. The minimum absolute atomic E-state index is 0.0501. The Bertz CT molecular complexity index is 896. The van der Waals surface area contributed by atoms with E-state index in [-0.39, 0.29) is 12.1 Å². The monoisotopic (exact) mass is 400 g/mol. The average molecular weight is 400 g/mol. The lowest BCUT2D eigenvalue weighted by Crippen LogP contribution is -2.57. The number of rotatable bonds is 4. The van der Waals surface area contributed by atoms with Gasteiger partial charge in [0.25, 0.3) is 0 Å². The van der Waals surface area contributed by atoms with E-state index in [1.54, 1.807) is 12.3 Å². The highest BCUT2D eigenvalue weighted by atomic mass is 16.5. The van der Waals surface area contributed by atoms with E-state index in [9.17, 15) is 4.79 Å². The Labute approximate surface area is 170 Å². The van der Waals surface area contributed by atoms with Crippen LogP contribution in [-0.4, -0.2) is 68.3 Å². The molecule has 1 saturated heterocycles. The molecule has 1 atom stereocenters. The highest BCUT2D eigenvalue weighted by Gasteiger charge is 2.45. The molecule has 10 nitrogen and oxygen atoms in total. The summed E-state index contributed by atoms with van der Waals surface area (Å²) in [5, 5.41) is 14.0. The molecule has 1 fully saturated rings. The third-order valence-electron chi connectivity index (χ3n) is 5.60. The van der Waals surface area contributed by atoms with Crippen molar-refractivity contribution in [2.24, 2.45) is 0 Å². The van der Waals surface area contributed by atoms with Gasteiger partial charge >= 0.3 is 6.03 Å². The molecule has 0 aromatic carbocycles. The largest absolute Gasteiger partial charge is 0.478 e. The number of urea groups is 1. The van der Waals surface area contributed by atoms with Crippen LogP contribution < -0.4 is 15.4 Å². The van der Waals surface area contributed by atoms with E-state index in [1.807, 2.05) is 30.6 Å². The second-order valence-electron chi connectivity index (χ2n) is 7.88. The van der Waals surface area contributed by atoms with Gasteiger partial charge in [0.15, 0.2) is 5.82 Å². The first-order valence-corrected chi connectivity index (χ1v) is 10.0. The molecule has 4 rings (SSSR count). The fraction of sp³-hybridized carbons (Fsp3) is 0.579. The van der Waals surface area contributed by atoms with E-state index in [4.69, 9.17) is 4.74 Å². The van der Waals surface area contributed by atoms with Gasteiger partial charge in [0.2, 0.25) is 11.8 Å². The molecule has 0 unspecified atom stereocenters. The summed E-state index contributed by atoms with van der Waals surface area (Å²) in [4.78, 5) is 25.7. The molecule has 0 spiro atoms. The number of aromatic nitrogens is 4. The molecular formula is C19H28N8O2. The van der Waals surface area contributed by atoms with Gasteiger partial charge in [0, 0.05) is 43.5 Å². The van der Waals surface area contributed by atoms with Gasteiger partial charge < -0.3 is 25.2 Å². The zero-order chi connectivity index (χ0) is 20.6. The van der Waals surface area contributed by atoms with Crippen LogP contribution in [0, 0.1) is 0 Å². The van der Waals surface area contributed by atoms with Gasteiger partial charge in [0.1, 0.15) is 0 Å². The van der Waals surface area contributed by atoms with Gasteiger partial charge in [-0.3, -0.25) is 5.10 Å². The van der Waals surface area contributed by atoms with Crippen LogP contribution in [0.5, 0.6) is 5.88 Å². The molecule has 0 aliphatic carbocycles. The molecule has 2 aliphatic heterocycles. The molecule has 10 heteroatoms. The number of carbonyl (C=O) groups is 1. The Balaban J connectivity index is 1.56. The summed E-state index contributed by atoms with van der Waals surface area (Å²) in [6.45, 7) is 11.4. The van der Waals surface area contributed by atoms with Crippen molar-refractivity contribution in [3.63, 3.8) is 0 Å². The highest BCUT2D eigenvalue weighted by molar-refractivity contribution is 5.78. The number of fused-ring (bicyclic) bond motifs is 1. The van der Waals surface area contributed by atoms with Gasteiger partial charge in [-0.05, 0) is 27.7 Å². The fourth-order valence-corrected chi connectivity index (χ4v) is 3.94. The van der Waals surface area contributed by atoms with Crippen molar-refractivity contribution in [2.45, 2.75) is 45.8 Å². The van der Waals surface area contributed by atoms with Crippen molar-refractivity contribution in [1.29, 1.82) is 0 Å². The van der Waals surface area contributed by atoms with Gasteiger partial charge in [-0.15, -0.1) is 0 Å².